The number of hydrogen-bond acceptors (Lipinski definition) is 5. The highest BCUT2D eigenvalue weighted by atomic mass is 16.5. The summed E-state index contributed by atoms with van der Waals surface area (Å²) >= 11 is 0. The molecule has 3 aromatic rings. The van der Waals surface area contributed by atoms with Crippen molar-refractivity contribution in [3.8, 4) is 11.5 Å². The second-order valence-electron chi connectivity index (χ2n) is 6.65. The Labute approximate surface area is 170 Å². The number of nitrogens with one attached hydrogen (secondary N) is 2. The molecule has 2 N–H and O–H groups in total. The number of aromatic nitrogens is 1. The second-order valence-corrected chi connectivity index (χ2v) is 6.65. The Bertz CT molecular complexity index is 989. The maximum atomic E-state index is 12.5. The van der Waals surface area contributed by atoms with Gasteiger partial charge in [0, 0.05) is 24.6 Å². The molecule has 29 heavy (non-hydrogen) atoms. The van der Waals surface area contributed by atoms with Gasteiger partial charge in [-0.15, -0.1) is 0 Å². The molecule has 0 spiro atoms. The molecule has 0 saturated heterocycles. The van der Waals surface area contributed by atoms with E-state index in [1.54, 1.807) is 32.7 Å². The Morgan fingerprint density at radius 1 is 0.966 bits per heavy atom. The Hall–Kier alpha value is -3.54. The van der Waals surface area contributed by atoms with Gasteiger partial charge in [0.15, 0.2) is 11.5 Å². The lowest BCUT2D eigenvalue weighted by atomic mass is 10.1. The van der Waals surface area contributed by atoms with E-state index in [0.29, 0.717) is 23.6 Å². The van der Waals surface area contributed by atoms with Gasteiger partial charge in [-0.05, 0) is 54.8 Å². The standard InChI is InChI=1S/C23H25N3O3/c1-16-5-4-6-19(11-16)26-23(27)18-13-20(15-24-14-18)25-10-9-17-7-8-21(28-2)22(12-17)29-3/h4-8,11-15,25H,9-10H2,1-3H3,(H,26,27). The molecule has 1 aromatic heterocycles. The minimum absolute atomic E-state index is 0.188. The minimum atomic E-state index is -0.188. The zero-order chi connectivity index (χ0) is 20.6. The topological polar surface area (TPSA) is 72.5 Å². The highest BCUT2D eigenvalue weighted by Crippen LogP contribution is 2.27. The first-order valence-electron chi connectivity index (χ1n) is 9.37. The predicted octanol–water partition coefficient (Wildman–Crippen LogP) is 4.31. The molecule has 1 amide bonds. The summed E-state index contributed by atoms with van der Waals surface area (Å²) in [5, 5.41) is 6.21. The van der Waals surface area contributed by atoms with Gasteiger partial charge in [0.05, 0.1) is 25.5 Å². The minimum Gasteiger partial charge on any atom is -0.493 e. The van der Waals surface area contributed by atoms with Crippen molar-refractivity contribution in [1.29, 1.82) is 0 Å². The molecule has 0 fully saturated rings. The molecule has 0 aliphatic carbocycles. The molecule has 3 rings (SSSR count). The van der Waals surface area contributed by atoms with Crippen molar-refractivity contribution < 1.29 is 14.3 Å². The first kappa shape index (κ1) is 20.2. The molecular weight excluding hydrogens is 366 g/mol. The SMILES string of the molecule is COc1ccc(CCNc2cncc(C(=O)Nc3cccc(C)c3)c2)cc1OC. The highest BCUT2D eigenvalue weighted by molar-refractivity contribution is 6.04. The lowest BCUT2D eigenvalue weighted by Crippen LogP contribution is -2.13. The first-order valence-corrected chi connectivity index (χ1v) is 9.37. The van der Waals surface area contributed by atoms with Gasteiger partial charge in [0.25, 0.3) is 5.91 Å². The van der Waals surface area contributed by atoms with Crippen LogP contribution in [0.1, 0.15) is 21.5 Å². The largest absolute Gasteiger partial charge is 0.493 e. The van der Waals surface area contributed by atoms with Crippen molar-refractivity contribution >= 4 is 17.3 Å². The lowest BCUT2D eigenvalue weighted by Gasteiger charge is -2.11. The van der Waals surface area contributed by atoms with Crippen LogP contribution in [0.5, 0.6) is 11.5 Å². The lowest BCUT2D eigenvalue weighted by molar-refractivity contribution is 0.102. The molecule has 6 heteroatoms. The summed E-state index contributed by atoms with van der Waals surface area (Å²) in [4.78, 5) is 16.7. The fourth-order valence-corrected chi connectivity index (χ4v) is 2.97. The van der Waals surface area contributed by atoms with E-state index in [1.807, 2.05) is 49.4 Å². The van der Waals surface area contributed by atoms with Crippen LogP contribution in [0.25, 0.3) is 0 Å². The summed E-state index contributed by atoms with van der Waals surface area (Å²) in [6.07, 6.45) is 4.06. The summed E-state index contributed by atoms with van der Waals surface area (Å²) < 4.78 is 10.6. The smallest absolute Gasteiger partial charge is 0.257 e. The van der Waals surface area contributed by atoms with Gasteiger partial charge in [-0.2, -0.15) is 0 Å². The van der Waals surface area contributed by atoms with Crippen molar-refractivity contribution in [2.75, 3.05) is 31.4 Å². The van der Waals surface area contributed by atoms with Crippen molar-refractivity contribution in [1.82, 2.24) is 4.98 Å². The maximum Gasteiger partial charge on any atom is 0.257 e. The number of amides is 1. The van der Waals surface area contributed by atoms with Gasteiger partial charge in [-0.25, -0.2) is 0 Å². The van der Waals surface area contributed by atoms with Gasteiger partial charge in [0.2, 0.25) is 0 Å². The molecule has 0 aliphatic heterocycles. The van der Waals surface area contributed by atoms with E-state index in [9.17, 15) is 4.79 Å². The number of pyridine rings is 1. The molecule has 1 heterocycles. The Morgan fingerprint density at radius 3 is 2.55 bits per heavy atom. The normalized spacial score (nSPS) is 10.3. The number of hydrogen-bond donors (Lipinski definition) is 2. The van der Waals surface area contributed by atoms with Gasteiger partial charge >= 0.3 is 0 Å². The van der Waals surface area contributed by atoms with Crippen LogP contribution >= 0.6 is 0 Å². The third kappa shape index (κ3) is 5.48. The van der Waals surface area contributed by atoms with E-state index in [0.717, 1.165) is 28.9 Å². The number of ether oxygens (including phenoxy) is 2. The van der Waals surface area contributed by atoms with Gasteiger partial charge in [-0.1, -0.05) is 18.2 Å². The summed E-state index contributed by atoms with van der Waals surface area (Å²) in [7, 11) is 3.24. The molecule has 0 aliphatic rings. The number of aryl methyl sites for hydroxylation is 1. The van der Waals surface area contributed by atoms with Gasteiger partial charge in [0.1, 0.15) is 0 Å². The Morgan fingerprint density at radius 2 is 1.79 bits per heavy atom. The summed E-state index contributed by atoms with van der Waals surface area (Å²) in [5.74, 6) is 1.23. The van der Waals surface area contributed by atoms with E-state index in [4.69, 9.17) is 9.47 Å². The fourth-order valence-electron chi connectivity index (χ4n) is 2.97. The summed E-state index contributed by atoms with van der Waals surface area (Å²) in [5.41, 5.74) is 4.27. The predicted molar refractivity (Wildman–Crippen MR) is 115 cm³/mol. The monoisotopic (exact) mass is 391 g/mol. The van der Waals surface area contributed by atoms with E-state index in [1.165, 1.54) is 0 Å². The maximum absolute atomic E-state index is 12.5. The van der Waals surface area contributed by atoms with E-state index in [-0.39, 0.29) is 5.91 Å². The average Bonchev–Trinajstić information content (AvgIpc) is 2.74. The molecule has 150 valence electrons. The van der Waals surface area contributed by atoms with Crippen LogP contribution < -0.4 is 20.1 Å². The number of carbonyl (C=O) groups excluding carboxylic acids is 1. The van der Waals surface area contributed by atoms with Crippen molar-refractivity contribution in [2.24, 2.45) is 0 Å². The number of anilines is 2. The molecule has 0 saturated carbocycles. The van der Waals surface area contributed by atoms with Crippen molar-refractivity contribution in [3.05, 3.63) is 77.6 Å². The second kappa shape index (κ2) is 9.59. The van der Waals surface area contributed by atoms with Crippen LogP contribution in [0.15, 0.2) is 60.9 Å². The molecule has 0 atom stereocenters. The Kier molecular flexibility index (Phi) is 6.68. The van der Waals surface area contributed by atoms with Crippen LogP contribution in [0.2, 0.25) is 0 Å². The molecule has 0 radical (unpaired) electrons. The third-order valence-corrected chi connectivity index (χ3v) is 4.47. The Balaban J connectivity index is 1.59. The van der Waals surface area contributed by atoms with E-state index >= 15 is 0 Å². The third-order valence-electron chi connectivity index (χ3n) is 4.47. The van der Waals surface area contributed by atoms with Gasteiger partial charge < -0.3 is 20.1 Å². The molecule has 6 nitrogen and oxygen atoms in total. The number of nitrogens with zero attached hydrogens (tertiary/aromatic N) is 1. The molecule has 0 bridgehead atoms. The fraction of sp³-hybridized carbons (Fsp3) is 0.217. The summed E-state index contributed by atoms with van der Waals surface area (Å²) in [6, 6.07) is 15.4. The zero-order valence-corrected chi connectivity index (χ0v) is 16.9. The number of carbonyl (C=O) groups is 1. The van der Waals surface area contributed by atoms with Gasteiger partial charge in [-0.3, -0.25) is 9.78 Å². The van der Waals surface area contributed by atoms with Crippen LogP contribution in [-0.2, 0) is 6.42 Å². The van der Waals surface area contributed by atoms with E-state index in [2.05, 4.69) is 15.6 Å². The van der Waals surface area contributed by atoms with Crippen LogP contribution in [0, 0.1) is 6.92 Å². The molecule has 0 unspecified atom stereocenters. The van der Waals surface area contributed by atoms with Crippen molar-refractivity contribution in [3.63, 3.8) is 0 Å². The van der Waals surface area contributed by atoms with E-state index < -0.39 is 0 Å². The number of benzene rings is 2. The van der Waals surface area contributed by atoms with Crippen LogP contribution in [0.4, 0.5) is 11.4 Å². The molecule has 2 aromatic carbocycles. The van der Waals surface area contributed by atoms with Crippen LogP contribution in [-0.4, -0.2) is 31.7 Å². The number of rotatable bonds is 8. The van der Waals surface area contributed by atoms with Crippen molar-refractivity contribution in [2.45, 2.75) is 13.3 Å². The molecular formula is C23H25N3O3. The average molecular weight is 391 g/mol. The van der Waals surface area contributed by atoms with Crippen LogP contribution in [0.3, 0.4) is 0 Å². The summed E-state index contributed by atoms with van der Waals surface area (Å²) in [6.45, 7) is 2.68. The number of methoxy groups -OCH3 is 2. The highest BCUT2D eigenvalue weighted by Gasteiger charge is 2.08. The first-order chi connectivity index (χ1) is 14.1. The quantitative estimate of drug-likeness (QED) is 0.598. The zero-order valence-electron chi connectivity index (χ0n) is 16.9.